The van der Waals surface area contributed by atoms with Gasteiger partial charge in [0, 0.05) is 6.61 Å². The number of aliphatic hydroxyl groups is 1. The number of unbranched alkanes of at least 4 members (excludes halogenated alkanes) is 1. The van der Waals surface area contributed by atoms with Gasteiger partial charge >= 0.3 is 0 Å². The Labute approximate surface area is 91.3 Å². The first-order valence-electron chi connectivity index (χ1n) is 5.40. The minimum absolute atomic E-state index is 0.283. The van der Waals surface area contributed by atoms with Crippen LogP contribution in [0.25, 0.3) is 0 Å². The van der Waals surface area contributed by atoms with Crippen molar-refractivity contribution in [2.24, 2.45) is 5.73 Å². The van der Waals surface area contributed by atoms with Crippen molar-refractivity contribution in [1.82, 2.24) is 4.90 Å². The van der Waals surface area contributed by atoms with Gasteiger partial charge in [0.15, 0.2) is 0 Å². The van der Waals surface area contributed by atoms with Crippen LogP contribution in [0.1, 0.15) is 32.1 Å². The van der Waals surface area contributed by atoms with E-state index in [0.29, 0.717) is 11.0 Å². The second kappa shape index (κ2) is 6.32. The highest BCUT2D eigenvalue weighted by atomic mass is 32.1. The first kappa shape index (κ1) is 11.9. The molecule has 1 saturated heterocycles. The molecule has 1 heterocycles. The smallest absolute Gasteiger partial charge is 0.0902 e. The van der Waals surface area contributed by atoms with Crippen LogP contribution in [0.4, 0.5) is 0 Å². The van der Waals surface area contributed by atoms with Crippen molar-refractivity contribution < 1.29 is 5.11 Å². The van der Waals surface area contributed by atoms with Gasteiger partial charge in [0.25, 0.3) is 0 Å². The van der Waals surface area contributed by atoms with Gasteiger partial charge in [0.05, 0.1) is 11.0 Å². The van der Waals surface area contributed by atoms with Crippen LogP contribution in [0, 0.1) is 0 Å². The van der Waals surface area contributed by atoms with Crippen molar-refractivity contribution in [3.63, 3.8) is 0 Å². The predicted octanol–water partition coefficient (Wildman–Crippen LogP) is 0.899. The second-order valence-electron chi connectivity index (χ2n) is 3.88. The average molecular weight is 216 g/mol. The van der Waals surface area contributed by atoms with Crippen molar-refractivity contribution in [2.45, 2.75) is 38.1 Å². The van der Waals surface area contributed by atoms with Gasteiger partial charge in [-0.05, 0) is 38.8 Å². The standard InChI is InChI=1S/C10H20N2OS/c11-10(14)9-5-1-2-6-12(9)7-3-4-8-13/h9,13H,1-8H2,(H2,11,14). The van der Waals surface area contributed by atoms with Gasteiger partial charge in [-0.2, -0.15) is 0 Å². The summed E-state index contributed by atoms with van der Waals surface area (Å²) in [4.78, 5) is 3.00. The third-order valence-electron chi connectivity index (χ3n) is 2.80. The van der Waals surface area contributed by atoms with E-state index in [1.54, 1.807) is 0 Å². The van der Waals surface area contributed by atoms with Crippen LogP contribution in [-0.2, 0) is 0 Å². The topological polar surface area (TPSA) is 49.5 Å². The lowest BCUT2D eigenvalue weighted by atomic mass is 10.0. The van der Waals surface area contributed by atoms with Crippen molar-refractivity contribution in [3.05, 3.63) is 0 Å². The Hall–Kier alpha value is -0.190. The van der Waals surface area contributed by atoms with Crippen LogP contribution in [0.3, 0.4) is 0 Å². The Kier molecular flexibility index (Phi) is 5.37. The number of likely N-dealkylation sites (tertiary alicyclic amines) is 1. The first-order valence-corrected chi connectivity index (χ1v) is 5.80. The molecule has 3 N–H and O–H groups in total. The number of hydrogen-bond acceptors (Lipinski definition) is 3. The Morgan fingerprint density at radius 1 is 1.43 bits per heavy atom. The molecular formula is C10H20N2OS. The summed E-state index contributed by atoms with van der Waals surface area (Å²) in [6, 6.07) is 0.303. The highest BCUT2D eigenvalue weighted by Gasteiger charge is 2.23. The minimum atomic E-state index is 0.283. The number of nitrogens with two attached hydrogens (primary N) is 1. The molecule has 0 spiro atoms. The van der Waals surface area contributed by atoms with Gasteiger partial charge in [-0.1, -0.05) is 18.6 Å². The molecule has 1 fully saturated rings. The van der Waals surface area contributed by atoms with E-state index in [4.69, 9.17) is 23.1 Å². The summed E-state index contributed by atoms with van der Waals surface area (Å²) in [6.07, 6.45) is 5.50. The molecule has 0 aromatic rings. The quantitative estimate of drug-likeness (QED) is 0.529. The number of hydrogen-bond donors (Lipinski definition) is 2. The molecule has 0 amide bonds. The van der Waals surface area contributed by atoms with Gasteiger partial charge in [-0.25, -0.2) is 0 Å². The van der Waals surface area contributed by atoms with E-state index < -0.39 is 0 Å². The molecule has 3 nitrogen and oxygen atoms in total. The molecule has 0 aromatic carbocycles. The van der Waals surface area contributed by atoms with Gasteiger partial charge < -0.3 is 10.8 Å². The predicted molar refractivity (Wildman–Crippen MR) is 62.3 cm³/mol. The van der Waals surface area contributed by atoms with E-state index in [1.807, 2.05) is 0 Å². The zero-order valence-electron chi connectivity index (χ0n) is 8.61. The Morgan fingerprint density at radius 3 is 2.86 bits per heavy atom. The fourth-order valence-corrected chi connectivity index (χ4v) is 2.27. The first-order chi connectivity index (χ1) is 6.75. The SMILES string of the molecule is NC(=S)C1CCCCN1CCCCO. The molecule has 14 heavy (non-hydrogen) atoms. The molecule has 1 aliphatic rings. The lowest BCUT2D eigenvalue weighted by Gasteiger charge is -2.34. The van der Waals surface area contributed by atoms with E-state index in [9.17, 15) is 0 Å². The lowest BCUT2D eigenvalue weighted by Crippen LogP contribution is -2.47. The number of piperidine rings is 1. The second-order valence-corrected chi connectivity index (χ2v) is 4.35. The fourth-order valence-electron chi connectivity index (χ4n) is 2.01. The normalized spacial score (nSPS) is 23.6. The largest absolute Gasteiger partial charge is 0.396 e. The maximum atomic E-state index is 8.70. The van der Waals surface area contributed by atoms with Gasteiger partial charge in [0.2, 0.25) is 0 Å². The molecule has 1 aliphatic heterocycles. The van der Waals surface area contributed by atoms with Gasteiger partial charge in [-0.15, -0.1) is 0 Å². The lowest BCUT2D eigenvalue weighted by molar-refractivity contribution is 0.182. The number of aliphatic hydroxyl groups excluding tert-OH is 1. The Morgan fingerprint density at radius 2 is 2.21 bits per heavy atom. The average Bonchev–Trinajstić information content (AvgIpc) is 2.19. The van der Waals surface area contributed by atoms with Gasteiger partial charge in [0.1, 0.15) is 0 Å². The van der Waals surface area contributed by atoms with E-state index in [0.717, 1.165) is 32.4 Å². The zero-order chi connectivity index (χ0) is 10.4. The molecule has 0 aliphatic carbocycles. The van der Waals surface area contributed by atoms with E-state index in [1.165, 1.54) is 12.8 Å². The van der Waals surface area contributed by atoms with Crippen LogP contribution >= 0.6 is 12.2 Å². The summed E-state index contributed by atoms with van der Waals surface area (Å²) in [5.74, 6) is 0. The molecule has 1 rings (SSSR count). The van der Waals surface area contributed by atoms with Crippen LogP contribution < -0.4 is 5.73 Å². The van der Waals surface area contributed by atoms with Crippen molar-refractivity contribution in [1.29, 1.82) is 0 Å². The van der Waals surface area contributed by atoms with E-state index in [2.05, 4.69) is 4.90 Å². The molecule has 0 saturated carbocycles. The minimum Gasteiger partial charge on any atom is -0.396 e. The van der Waals surface area contributed by atoms with Crippen LogP contribution in [0.15, 0.2) is 0 Å². The van der Waals surface area contributed by atoms with Crippen LogP contribution in [0.2, 0.25) is 0 Å². The van der Waals surface area contributed by atoms with E-state index in [-0.39, 0.29) is 6.61 Å². The zero-order valence-corrected chi connectivity index (χ0v) is 9.43. The summed E-state index contributed by atoms with van der Waals surface area (Å²) < 4.78 is 0. The molecule has 0 aromatic heterocycles. The third kappa shape index (κ3) is 3.52. The number of rotatable bonds is 5. The summed E-state index contributed by atoms with van der Waals surface area (Å²) in [6.45, 7) is 2.40. The molecule has 1 atom stereocenters. The Balaban J connectivity index is 2.34. The van der Waals surface area contributed by atoms with Crippen molar-refractivity contribution in [3.8, 4) is 0 Å². The highest BCUT2D eigenvalue weighted by Crippen LogP contribution is 2.17. The Bertz CT molecular complexity index is 187. The van der Waals surface area contributed by atoms with Crippen LogP contribution in [0.5, 0.6) is 0 Å². The summed E-state index contributed by atoms with van der Waals surface area (Å²) in [7, 11) is 0. The fraction of sp³-hybridized carbons (Fsp3) is 0.900. The monoisotopic (exact) mass is 216 g/mol. The highest BCUT2D eigenvalue weighted by molar-refractivity contribution is 7.80. The third-order valence-corrected chi connectivity index (χ3v) is 3.07. The summed E-state index contributed by atoms with van der Waals surface area (Å²) >= 11 is 5.06. The molecule has 4 heteroatoms. The maximum absolute atomic E-state index is 8.70. The maximum Gasteiger partial charge on any atom is 0.0902 e. The molecule has 82 valence electrons. The number of thiocarbonyl (C=S) groups is 1. The molecule has 0 bridgehead atoms. The molecule has 1 unspecified atom stereocenters. The van der Waals surface area contributed by atoms with Crippen LogP contribution in [-0.4, -0.2) is 40.7 Å². The molecule has 0 radical (unpaired) electrons. The molecular weight excluding hydrogens is 196 g/mol. The van der Waals surface area contributed by atoms with Gasteiger partial charge in [-0.3, -0.25) is 4.90 Å². The summed E-state index contributed by atoms with van der Waals surface area (Å²) in [5, 5.41) is 8.70. The van der Waals surface area contributed by atoms with Crippen molar-refractivity contribution in [2.75, 3.05) is 19.7 Å². The van der Waals surface area contributed by atoms with E-state index >= 15 is 0 Å². The summed E-state index contributed by atoms with van der Waals surface area (Å²) in [5.41, 5.74) is 5.70. The van der Waals surface area contributed by atoms with Crippen molar-refractivity contribution >= 4 is 17.2 Å². The number of nitrogens with zero attached hydrogens (tertiary/aromatic N) is 1.